The standard InChI is InChI=1S/C47H32OS/c1-27-12-4-7-15-33(27)29(3)46(28(2)30-20-21-36-35-17-10-11-19-42(35)48-43(36)23-30)47-37-18-9-8-16-34(37)38-25-40-39-22-31-13-5-6-14-32(31)24-44(39)49-45(40)26-41(38)47/h4-26,47H,2H2,1,3H3/b46-29+. The fraction of sp³-hybridized carbons (Fsp3) is 0.0638. The van der Waals surface area contributed by atoms with Crippen molar-refractivity contribution in [1.82, 2.24) is 0 Å². The number of hydrogen-bond acceptors (Lipinski definition) is 2. The van der Waals surface area contributed by atoms with E-state index >= 15 is 0 Å². The average Bonchev–Trinajstić information content (AvgIpc) is 3.78. The number of thiophene rings is 1. The number of furan rings is 1. The van der Waals surface area contributed by atoms with Gasteiger partial charge in [0.15, 0.2) is 0 Å². The number of para-hydroxylation sites is 1. The summed E-state index contributed by atoms with van der Waals surface area (Å²) in [6, 6.07) is 50.9. The van der Waals surface area contributed by atoms with Gasteiger partial charge in [0.1, 0.15) is 11.2 Å². The summed E-state index contributed by atoms with van der Waals surface area (Å²) in [7, 11) is 0. The van der Waals surface area contributed by atoms with Crippen molar-refractivity contribution < 1.29 is 4.42 Å². The van der Waals surface area contributed by atoms with Crippen molar-refractivity contribution >= 4 is 75.4 Å². The minimum absolute atomic E-state index is 0.0263. The maximum Gasteiger partial charge on any atom is 0.136 e. The van der Waals surface area contributed by atoms with E-state index in [0.717, 1.165) is 33.1 Å². The van der Waals surface area contributed by atoms with Gasteiger partial charge >= 0.3 is 0 Å². The van der Waals surface area contributed by atoms with Crippen LogP contribution in [0, 0.1) is 6.92 Å². The van der Waals surface area contributed by atoms with Gasteiger partial charge in [0.2, 0.25) is 0 Å². The van der Waals surface area contributed by atoms with Gasteiger partial charge < -0.3 is 4.42 Å². The van der Waals surface area contributed by atoms with E-state index in [1.54, 1.807) is 0 Å². The molecule has 0 fully saturated rings. The second-order valence-electron chi connectivity index (χ2n) is 13.4. The number of hydrogen-bond donors (Lipinski definition) is 0. The minimum atomic E-state index is 0.0263. The summed E-state index contributed by atoms with van der Waals surface area (Å²) in [6.07, 6.45) is 0. The highest BCUT2D eigenvalue weighted by molar-refractivity contribution is 7.25. The zero-order chi connectivity index (χ0) is 32.8. The molecule has 0 amide bonds. The van der Waals surface area contributed by atoms with Gasteiger partial charge in [-0.15, -0.1) is 11.3 Å². The van der Waals surface area contributed by atoms with Crippen LogP contribution in [-0.2, 0) is 0 Å². The molecule has 0 radical (unpaired) electrons. The van der Waals surface area contributed by atoms with E-state index in [9.17, 15) is 0 Å². The molecule has 0 spiro atoms. The van der Waals surface area contributed by atoms with Gasteiger partial charge in [-0.25, -0.2) is 0 Å². The molecular formula is C47H32OS. The third-order valence-corrected chi connectivity index (χ3v) is 11.8. The van der Waals surface area contributed by atoms with Crippen molar-refractivity contribution in [2.24, 2.45) is 0 Å². The molecule has 0 saturated carbocycles. The Morgan fingerprint density at radius 1 is 0.592 bits per heavy atom. The van der Waals surface area contributed by atoms with Gasteiger partial charge in [0.25, 0.3) is 0 Å². The van der Waals surface area contributed by atoms with Gasteiger partial charge in [-0.2, -0.15) is 0 Å². The van der Waals surface area contributed by atoms with Crippen LogP contribution in [0.3, 0.4) is 0 Å². The van der Waals surface area contributed by atoms with Crippen molar-refractivity contribution in [3.05, 3.63) is 179 Å². The maximum absolute atomic E-state index is 6.37. The van der Waals surface area contributed by atoms with Crippen LogP contribution < -0.4 is 0 Å². The average molecular weight is 645 g/mol. The van der Waals surface area contributed by atoms with E-state index in [4.69, 9.17) is 11.0 Å². The first-order valence-electron chi connectivity index (χ1n) is 16.9. The highest BCUT2D eigenvalue weighted by Gasteiger charge is 2.35. The Labute approximate surface area is 289 Å². The molecule has 1 aliphatic carbocycles. The Morgan fingerprint density at radius 2 is 1.29 bits per heavy atom. The molecule has 0 bridgehead atoms. The van der Waals surface area contributed by atoms with Crippen molar-refractivity contribution in [2.45, 2.75) is 19.8 Å². The topological polar surface area (TPSA) is 13.1 Å². The molecule has 0 aliphatic heterocycles. The molecule has 9 aromatic rings. The molecule has 2 heteroatoms. The molecule has 232 valence electrons. The predicted octanol–water partition coefficient (Wildman–Crippen LogP) is 13.7. The Balaban J connectivity index is 1.23. The molecule has 49 heavy (non-hydrogen) atoms. The van der Waals surface area contributed by atoms with Crippen LogP contribution in [-0.4, -0.2) is 0 Å². The Hall–Kier alpha value is -5.70. The van der Waals surface area contributed by atoms with E-state index in [1.807, 2.05) is 23.5 Å². The van der Waals surface area contributed by atoms with E-state index in [-0.39, 0.29) is 5.92 Å². The van der Waals surface area contributed by atoms with Gasteiger partial charge in [-0.05, 0) is 123 Å². The van der Waals surface area contributed by atoms with Crippen molar-refractivity contribution in [3.8, 4) is 11.1 Å². The highest BCUT2D eigenvalue weighted by Crippen LogP contribution is 2.55. The lowest BCUT2D eigenvalue weighted by Crippen LogP contribution is -2.06. The van der Waals surface area contributed by atoms with Gasteiger partial charge in [-0.3, -0.25) is 0 Å². The first-order valence-corrected chi connectivity index (χ1v) is 17.7. The van der Waals surface area contributed by atoms with Crippen LogP contribution in [0.5, 0.6) is 0 Å². The summed E-state index contributed by atoms with van der Waals surface area (Å²) < 4.78 is 9.03. The van der Waals surface area contributed by atoms with Gasteiger partial charge in [0.05, 0.1) is 0 Å². The van der Waals surface area contributed by atoms with Gasteiger partial charge in [-0.1, -0.05) is 104 Å². The molecule has 2 heterocycles. The Kier molecular flexibility index (Phi) is 6.16. The molecule has 1 nitrogen and oxygen atoms in total. The van der Waals surface area contributed by atoms with Crippen LogP contribution >= 0.6 is 11.3 Å². The summed E-state index contributed by atoms with van der Waals surface area (Å²) in [5.41, 5.74) is 14.2. The quantitative estimate of drug-likeness (QED) is 0.174. The molecule has 10 rings (SSSR count). The Morgan fingerprint density at radius 3 is 2.16 bits per heavy atom. The van der Waals surface area contributed by atoms with Crippen molar-refractivity contribution in [1.29, 1.82) is 0 Å². The molecule has 2 aromatic heterocycles. The summed E-state index contributed by atoms with van der Waals surface area (Å²) in [5, 5.41) is 7.50. The summed E-state index contributed by atoms with van der Waals surface area (Å²) >= 11 is 1.90. The third-order valence-electron chi connectivity index (χ3n) is 10.7. The third kappa shape index (κ3) is 4.24. The SMILES string of the molecule is C=C(/C(=C(/C)c1ccccc1C)C1c2ccccc2-c2cc3c(cc21)sc1cc2ccccc2cc13)c1ccc2c(c1)oc1ccccc12. The lowest BCUT2D eigenvalue weighted by Gasteiger charge is -2.25. The first-order chi connectivity index (χ1) is 24.0. The largest absolute Gasteiger partial charge is 0.456 e. The number of rotatable bonds is 4. The predicted molar refractivity (Wildman–Crippen MR) is 211 cm³/mol. The maximum atomic E-state index is 6.37. The summed E-state index contributed by atoms with van der Waals surface area (Å²) in [6.45, 7) is 9.38. The molecule has 0 N–H and O–H groups in total. The zero-order valence-electron chi connectivity index (χ0n) is 27.4. The highest BCUT2D eigenvalue weighted by atomic mass is 32.1. The smallest absolute Gasteiger partial charge is 0.136 e. The van der Waals surface area contributed by atoms with Crippen LogP contribution in [0.15, 0.2) is 156 Å². The zero-order valence-corrected chi connectivity index (χ0v) is 28.2. The van der Waals surface area contributed by atoms with Gasteiger partial charge in [0, 0.05) is 36.9 Å². The number of benzene rings is 7. The molecule has 7 aromatic carbocycles. The summed E-state index contributed by atoms with van der Waals surface area (Å²) in [4.78, 5) is 0. The lowest BCUT2D eigenvalue weighted by molar-refractivity contribution is 0.669. The van der Waals surface area contributed by atoms with Crippen LogP contribution in [0.4, 0.5) is 0 Å². The monoisotopic (exact) mass is 644 g/mol. The van der Waals surface area contributed by atoms with Crippen molar-refractivity contribution in [2.75, 3.05) is 0 Å². The molecular weight excluding hydrogens is 613 g/mol. The van der Waals surface area contributed by atoms with E-state index in [1.165, 1.54) is 75.5 Å². The fourth-order valence-corrected chi connectivity index (χ4v) is 9.46. The molecule has 1 aliphatic rings. The van der Waals surface area contributed by atoms with Crippen LogP contribution in [0.25, 0.3) is 75.2 Å². The number of allylic oxidation sites excluding steroid dienone is 3. The van der Waals surface area contributed by atoms with Crippen molar-refractivity contribution in [3.63, 3.8) is 0 Å². The molecule has 1 unspecified atom stereocenters. The van der Waals surface area contributed by atoms with E-state index < -0.39 is 0 Å². The lowest BCUT2D eigenvalue weighted by atomic mass is 9.78. The van der Waals surface area contributed by atoms with Crippen LogP contribution in [0.2, 0.25) is 0 Å². The minimum Gasteiger partial charge on any atom is -0.456 e. The molecule has 0 saturated heterocycles. The first kappa shape index (κ1) is 28.3. The molecule has 1 atom stereocenters. The van der Waals surface area contributed by atoms with Crippen LogP contribution in [0.1, 0.15) is 40.7 Å². The normalized spacial score (nSPS) is 14.5. The second-order valence-corrected chi connectivity index (χ2v) is 14.5. The summed E-state index contributed by atoms with van der Waals surface area (Å²) in [5.74, 6) is 0.0263. The van der Waals surface area contributed by atoms with E-state index in [0.29, 0.717) is 0 Å². The number of fused-ring (bicyclic) bond motifs is 10. The second kappa shape index (κ2) is 10.7. The fourth-order valence-electron chi connectivity index (χ4n) is 8.29. The number of aryl methyl sites for hydroxylation is 1. The van der Waals surface area contributed by atoms with E-state index in [2.05, 4.69) is 141 Å². The Bertz CT molecular complexity index is 2870.